The minimum Gasteiger partial charge on any atom is -0.446 e. The first-order valence-corrected chi connectivity index (χ1v) is 12.0. The third-order valence-corrected chi connectivity index (χ3v) is 7.63. The number of H-pyrrole nitrogens is 1. The number of nitrogens with zero attached hydrogens (tertiary/aromatic N) is 1. The standard InChI is InChI=1S/C21H28N4O4S/c1-12(2)22-21(26)29-17-6-4-15(11-17)19-13(3)20(25-24-19)23-16-5-7-18-14(10-16)8-9-30(18,27)28/h5,7,10,12,15,17H,4,6,8-9,11H2,1-3H3,(H,22,26)(H2,23,24,25)/t15?,17-/m1/s1. The van der Waals surface area contributed by atoms with E-state index in [2.05, 4.69) is 20.8 Å². The molecule has 9 heteroatoms. The second-order valence-electron chi connectivity index (χ2n) is 8.46. The third-order valence-electron chi connectivity index (χ3n) is 5.82. The van der Waals surface area contributed by atoms with Crippen LogP contribution in [0.1, 0.15) is 55.8 Å². The average molecular weight is 433 g/mol. The largest absolute Gasteiger partial charge is 0.446 e. The van der Waals surface area contributed by atoms with Gasteiger partial charge in [0.15, 0.2) is 15.7 Å². The number of amides is 1. The number of alkyl carbamates (subject to hydrolysis) is 1. The second kappa shape index (κ2) is 7.94. The molecule has 1 aromatic carbocycles. The summed E-state index contributed by atoms with van der Waals surface area (Å²) in [6.45, 7) is 5.82. The summed E-state index contributed by atoms with van der Waals surface area (Å²) in [5.41, 5.74) is 3.76. The third kappa shape index (κ3) is 4.16. The second-order valence-corrected chi connectivity index (χ2v) is 10.5. The van der Waals surface area contributed by atoms with Crippen molar-refractivity contribution in [2.75, 3.05) is 11.1 Å². The van der Waals surface area contributed by atoms with Crippen LogP contribution in [0.5, 0.6) is 0 Å². The van der Waals surface area contributed by atoms with Crippen molar-refractivity contribution in [2.24, 2.45) is 0 Å². The number of benzene rings is 1. The van der Waals surface area contributed by atoms with E-state index in [0.29, 0.717) is 11.3 Å². The van der Waals surface area contributed by atoms with Crippen LogP contribution in [-0.2, 0) is 21.0 Å². The minimum atomic E-state index is -3.12. The van der Waals surface area contributed by atoms with Gasteiger partial charge in [0.25, 0.3) is 0 Å². The van der Waals surface area contributed by atoms with Gasteiger partial charge in [-0.1, -0.05) is 0 Å². The maximum Gasteiger partial charge on any atom is 0.407 e. The summed E-state index contributed by atoms with van der Waals surface area (Å²) in [6, 6.07) is 5.39. The zero-order valence-electron chi connectivity index (χ0n) is 17.5. The quantitative estimate of drug-likeness (QED) is 0.666. The summed E-state index contributed by atoms with van der Waals surface area (Å²) in [5, 5.41) is 13.6. The maximum absolute atomic E-state index is 12.0. The molecule has 30 heavy (non-hydrogen) atoms. The maximum atomic E-state index is 12.0. The molecule has 1 aliphatic heterocycles. The van der Waals surface area contributed by atoms with Crippen molar-refractivity contribution in [2.45, 2.75) is 69.4 Å². The Morgan fingerprint density at radius 2 is 2.10 bits per heavy atom. The Bertz CT molecular complexity index is 1060. The Morgan fingerprint density at radius 1 is 1.30 bits per heavy atom. The van der Waals surface area contributed by atoms with E-state index in [-0.39, 0.29) is 29.9 Å². The van der Waals surface area contributed by atoms with Crippen LogP contribution in [0.2, 0.25) is 0 Å². The number of carbonyl (C=O) groups is 1. The smallest absolute Gasteiger partial charge is 0.407 e. The van der Waals surface area contributed by atoms with Crippen molar-refractivity contribution in [3.05, 3.63) is 35.0 Å². The Labute approximate surface area is 176 Å². The number of carbonyl (C=O) groups excluding carboxylic acids is 1. The molecule has 1 saturated carbocycles. The lowest BCUT2D eigenvalue weighted by Crippen LogP contribution is -2.33. The van der Waals surface area contributed by atoms with Crippen LogP contribution in [-0.4, -0.2) is 42.6 Å². The van der Waals surface area contributed by atoms with Gasteiger partial charge in [0.2, 0.25) is 0 Å². The topological polar surface area (TPSA) is 113 Å². The fraction of sp³-hybridized carbons (Fsp3) is 0.524. The molecule has 2 heterocycles. The number of ether oxygens (including phenoxy) is 1. The molecular weight excluding hydrogens is 404 g/mol. The first-order chi connectivity index (χ1) is 14.2. The number of aromatic nitrogens is 2. The van der Waals surface area contributed by atoms with E-state index in [1.165, 1.54) is 0 Å². The lowest BCUT2D eigenvalue weighted by molar-refractivity contribution is 0.0981. The molecule has 0 saturated heterocycles. The summed E-state index contributed by atoms with van der Waals surface area (Å²) in [6.07, 6.45) is 2.62. The van der Waals surface area contributed by atoms with Crippen molar-refractivity contribution < 1.29 is 17.9 Å². The molecule has 8 nitrogen and oxygen atoms in total. The fourth-order valence-corrected chi connectivity index (χ4v) is 5.85. The molecule has 3 N–H and O–H groups in total. The predicted octanol–water partition coefficient (Wildman–Crippen LogP) is 3.56. The number of hydrogen-bond donors (Lipinski definition) is 3. The molecule has 1 aliphatic carbocycles. The van der Waals surface area contributed by atoms with Gasteiger partial charge < -0.3 is 15.4 Å². The van der Waals surface area contributed by atoms with Gasteiger partial charge in [0, 0.05) is 28.9 Å². The summed E-state index contributed by atoms with van der Waals surface area (Å²) in [4.78, 5) is 12.3. The van der Waals surface area contributed by atoms with Gasteiger partial charge in [-0.25, -0.2) is 13.2 Å². The van der Waals surface area contributed by atoms with Crippen molar-refractivity contribution in [3.63, 3.8) is 0 Å². The van der Waals surface area contributed by atoms with Crippen LogP contribution in [0.4, 0.5) is 16.3 Å². The number of aromatic amines is 1. The summed E-state index contributed by atoms with van der Waals surface area (Å²) < 4.78 is 29.5. The number of aryl methyl sites for hydroxylation is 1. The lowest BCUT2D eigenvalue weighted by Gasteiger charge is -2.15. The monoisotopic (exact) mass is 432 g/mol. The molecule has 1 amide bonds. The molecule has 2 atom stereocenters. The Kier molecular flexibility index (Phi) is 5.48. The number of anilines is 2. The molecule has 1 fully saturated rings. The lowest BCUT2D eigenvalue weighted by atomic mass is 10.0. The van der Waals surface area contributed by atoms with Gasteiger partial charge in [-0.05, 0) is 70.2 Å². The van der Waals surface area contributed by atoms with E-state index >= 15 is 0 Å². The first kappa shape index (κ1) is 20.7. The molecule has 2 aromatic rings. The minimum absolute atomic E-state index is 0.0532. The van der Waals surface area contributed by atoms with Gasteiger partial charge in [-0.3, -0.25) is 5.10 Å². The van der Waals surface area contributed by atoms with Gasteiger partial charge >= 0.3 is 6.09 Å². The van der Waals surface area contributed by atoms with Crippen LogP contribution in [0.25, 0.3) is 0 Å². The van der Waals surface area contributed by atoms with Crippen LogP contribution in [0, 0.1) is 6.92 Å². The van der Waals surface area contributed by atoms with Gasteiger partial charge in [0.1, 0.15) is 6.10 Å². The van der Waals surface area contributed by atoms with Crippen LogP contribution >= 0.6 is 0 Å². The molecule has 1 aromatic heterocycles. The summed E-state index contributed by atoms with van der Waals surface area (Å²) >= 11 is 0. The zero-order chi connectivity index (χ0) is 21.5. The van der Waals surface area contributed by atoms with Crippen molar-refractivity contribution in [3.8, 4) is 0 Å². The van der Waals surface area contributed by atoms with E-state index < -0.39 is 9.84 Å². The molecule has 0 bridgehead atoms. The van der Waals surface area contributed by atoms with Crippen molar-refractivity contribution >= 4 is 27.4 Å². The SMILES string of the molecule is Cc1c(Nc2ccc3c(c2)CCS3(=O)=O)n[nH]c1C1CC[C@@H](OC(=O)NC(C)C)C1. The van der Waals surface area contributed by atoms with Crippen LogP contribution < -0.4 is 10.6 Å². The molecule has 0 spiro atoms. The van der Waals surface area contributed by atoms with Gasteiger partial charge in [0.05, 0.1) is 10.6 Å². The molecule has 2 aliphatic rings. The molecular formula is C21H28N4O4S. The molecule has 4 rings (SSSR count). The van der Waals surface area contributed by atoms with Gasteiger partial charge in [-0.15, -0.1) is 0 Å². The Balaban J connectivity index is 1.42. The van der Waals surface area contributed by atoms with E-state index in [1.54, 1.807) is 12.1 Å². The first-order valence-electron chi connectivity index (χ1n) is 10.4. The number of fused-ring (bicyclic) bond motifs is 1. The Hall–Kier alpha value is -2.55. The number of sulfone groups is 1. The fourth-order valence-electron chi connectivity index (χ4n) is 4.31. The van der Waals surface area contributed by atoms with E-state index in [1.807, 2.05) is 26.8 Å². The molecule has 1 unspecified atom stereocenters. The van der Waals surface area contributed by atoms with Gasteiger partial charge in [-0.2, -0.15) is 5.10 Å². The van der Waals surface area contributed by atoms with Crippen LogP contribution in [0.3, 0.4) is 0 Å². The highest BCUT2D eigenvalue weighted by atomic mass is 32.2. The molecule has 162 valence electrons. The summed E-state index contributed by atoms with van der Waals surface area (Å²) in [7, 11) is -3.12. The highest BCUT2D eigenvalue weighted by molar-refractivity contribution is 7.91. The number of nitrogens with one attached hydrogen (secondary N) is 3. The van der Waals surface area contributed by atoms with Crippen LogP contribution in [0.15, 0.2) is 23.1 Å². The van der Waals surface area contributed by atoms with Crippen molar-refractivity contribution in [1.82, 2.24) is 15.5 Å². The predicted molar refractivity (Wildman–Crippen MR) is 114 cm³/mol. The number of rotatable bonds is 5. The average Bonchev–Trinajstić information content (AvgIpc) is 3.34. The van der Waals surface area contributed by atoms with Crippen molar-refractivity contribution in [1.29, 1.82) is 0 Å². The highest BCUT2D eigenvalue weighted by Crippen LogP contribution is 2.38. The van der Waals surface area contributed by atoms with E-state index in [4.69, 9.17) is 4.74 Å². The molecule has 0 radical (unpaired) electrons. The normalized spacial score (nSPS) is 22.1. The highest BCUT2D eigenvalue weighted by Gasteiger charge is 2.31. The number of hydrogen-bond acceptors (Lipinski definition) is 6. The zero-order valence-corrected chi connectivity index (χ0v) is 18.3. The van der Waals surface area contributed by atoms with E-state index in [9.17, 15) is 13.2 Å². The van der Waals surface area contributed by atoms with E-state index in [0.717, 1.165) is 47.6 Å². The Morgan fingerprint density at radius 3 is 2.87 bits per heavy atom. The summed E-state index contributed by atoms with van der Waals surface area (Å²) in [5.74, 6) is 1.17.